The average Bonchev–Trinajstić information content (AvgIpc) is 2.26. The van der Waals surface area contributed by atoms with Crippen LogP contribution < -0.4 is 11.5 Å². The van der Waals surface area contributed by atoms with Gasteiger partial charge in [-0.3, -0.25) is 9.59 Å². The molecule has 0 rings (SSSR count). The first kappa shape index (κ1) is 19.2. The second kappa shape index (κ2) is 9.85. The molecule has 0 bridgehead atoms. The molecule has 18 heavy (non-hydrogen) atoms. The van der Waals surface area contributed by atoms with Crippen LogP contribution in [0.4, 0.5) is 0 Å². The zero-order valence-corrected chi connectivity index (χ0v) is 11.6. The van der Waals surface area contributed by atoms with Crippen molar-refractivity contribution in [3.63, 3.8) is 0 Å². The van der Waals surface area contributed by atoms with Crippen molar-refractivity contribution < 1.29 is 19.8 Å². The summed E-state index contributed by atoms with van der Waals surface area (Å²) in [5, 5.41) is 16.7. The number of carboxylic acids is 2. The van der Waals surface area contributed by atoms with Gasteiger partial charge in [0.2, 0.25) is 0 Å². The Morgan fingerprint density at radius 1 is 1.06 bits per heavy atom. The lowest BCUT2D eigenvalue weighted by molar-refractivity contribution is -0.140. The van der Waals surface area contributed by atoms with Crippen LogP contribution in [0.5, 0.6) is 0 Å². The topological polar surface area (TPSA) is 127 Å². The maximum absolute atomic E-state index is 10.2. The van der Waals surface area contributed by atoms with Crippen LogP contribution in [0.1, 0.15) is 40.5 Å². The third-order valence-electron chi connectivity index (χ3n) is 2.58. The molecule has 0 heterocycles. The summed E-state index contributed by atoms with van der Waals surface area (Å²) in [6, 6.07) is -1.39. The van der Waals surface area contributed by atoms with Crippen molar-refractivity contribution in [1.29, 1.82) is 0 Å². The molecule has 6 nitrogen and oxygen atoms in total. The zero-order valence-electron chi connectivity index (χ0n) is 11.6. The number of nitrogens with two attached hydrogens (primary N) is 2. The first-order valence-corrected chi connectivity index (χ1v) is 6.10. The molecule has 0 unspecified atom stereocenters. The van der Waals surface area contributed by atoms with E-state index in [9.17, 15) is 9.59 Å². The molecule has 0 fully saturated rings. The van der Waals surface area contributed by atoms with Crippen LogP contribution in [0.2, 0.25) is 0 Å². The number of carbonyl (C=O) groups is 2. The highest BCUT2D eigenvalue weighted by Gasteiger charge is 2.17. The Labute approximate surface area is 108 Å². The predicted octanol–water partition coefficient (Wildman–Crippen LogP) is 0.889. The van der Waals surface area contributed by atoms with Gasteiger partial charge in [-0.15, -0.1) is 0 Å². The van der Waals surface area contributed by atoms with Crippen LogP contribution in [0.15, 0.2) is 0 Å². The van der Waals surface area contributed by atoms with E-state index in [0.29, 0.717) is 12.3 Å². The number of hydrogen-bond acceptors (Lipinski definition) is 4. The Balaban J connectivity index is 0. The van der Waals surface area contributed by atoms with E-state index in [-0.39, 0.29) is 5.92 Å². The van der Waals surface area contributed by atoms with Gasteiger partial charge in [0, 0.05) is 0 Å². The van der Waals surface area contributed by atoms with Crippen molar-refractivity contribution in [2.75, 3.05) is 0 Å². The molecule has 0 saturated carbocycles. The second-order valence-electron chi connectivity index (χ2n) is 4.82. The Morgan fingerprint density at radius 2 is 1.50 bits per heavy atom. The molecule has 108 valence electrons. The molecule has 3 atom stereocenters. The Kier molecular flexibility index (Phi) is 10.5. The fourth-order valence-electron chi connectivity index (χ4n) is 1.11. The third-order valence-corrected chi connectivity index (χ3v) is 2.58. The van der Waals surface area contributed by atoms with Gasteiger partial charge in [0.1, 0.15) is 12.1 Å². The van der Waals surface area contributed by atoms with Crippen molar-refractivity contribution in [1.82, 2.24) is 0 Å². The highest BCUT2D eigenvalue weighted by atomic mass is 16.4. The maximum atomic E-state index is 10.2. The van der Waals surface area contributed by atoms with Crippen molar-refractivity contribution in [3.05, 3.63) is 0 Å². The molecule has 0 aromatic rings. The van der Waals surface area contributed by atoms with Crippen LogP contribution in [0, 0.1) is 11.8 Å². The van der Waals surface area contributed by atoms with Crippen molar-refractivity contribution in [3.8, 4) is 0 Å². The van der Waals surface area contributed by atoms with Crippen molar-refractivity contribution in [2.24, 2.45) is 23.3 Å². The van der Waals surface area contributed by atoms with E-state index in [2.05, 4.69) is 0 Å². The summed E-state index contributed by atoms with van der Waals surface area (Å²) >= 11 is 0. The normalized spacial score (nSPS) is 15.3. The number of aliphatic carboxylic acids is 2. The summed E-state index contributed by atoms with van der Waals surface area (Å²) in [6.07, 6.45) is 1.36. The van der Waals surface area contributed by atoms with E-state index in [1.165, 1.54) is 0 Å². The molecule has 0 spiro atoms. The highest BCUT2D eigenvalue weighted by Crippen LogP contribution is 2.04. The smallest absolute Gasteiger partial charge is 0.320 e. The second-order valence-corrected chi connectivity index (χ2v) is 4.82. The minimum Gasteiger partial charge on any atom is -0.480 e. The van der Waals surface area contributed by atoms with Gasteiger partial charge in [-0.2, -0.15) is 0 Å². The lowest BCUT2D eigenvalue weighted by Crippen LogP contribution is -2.36. The minimum atomic E-state index is -0.913. The number of rotatable bonds is 6. The standard InChI is InChI=1S/2C6H13NO2/c1-4(2)3-5(7)6(8)9;1-3-4(2)5(7)6(8)9/h2*4-5H,3,7H2,1-2H3,(H,8,9)/t5-;4-,5-/m01/s1. The van der Waals surface area contributed by atoms with Crippen LogP contribution in [-0.4, -0.2) is 34.2 Å². The summed E-state index contributed by atoms with van der Waals surface area (Å²) in [6.45, 7) is 7.65. The Hall–Kier alpha value is -1.14. The van der Waals surface area contributed by atoms with Gasteiger partial charge in [-0.05, 0) is 18.3 Å². The van der Waals surface area contributed by atoms with E-state index in [1.54, 1.807) is 0 Å². The minimum absolute atomic E-state index is 0.0718. The Bertz CT molecular complexity index is 256. The molecule has 0 aliphatic carbocycles. The predicted molar refractivity (Wildman–Crippen MR) is 70.1 cm³/mol. The third kappa shape index (κ3) is 10.0. The van der Waals surface area contributed by atoms with Gasteiger partial charge in [-0.1, -0.05) is 34.1 Å². The van der Waals surface area contributed by atoms with Gasteiger partial charge in [0.05, 0.1) is 0 Å². The fraction of sp³-hybridized carbons (Fsp3) is 0.833. The summed E-state index contributed by atoms with van der Waals surface area (Å²) in [5.74, 6) is -1.40. The number of hydrogen-bond donors (Lipinski definition) is 4. The molecular formula is C12H26N2O4. The van der Waals surface area contributed by atoms with E-state index < -0.39 is 24.0 Å². The molecule has 6 N–H and O–H groups in total. The molecule has 0 aliphatic heterocycles. The molecule has 0 amide bonds. The SMILES string of the molecule is CC(C)C[C@H](N)C(=O)O.CC[C@@H](C)[C@@H](N)C(=O)O. The summed E-state index contributed by atoms with van der Waals surface area (Å²) in [7, 11) is 0. The summed E-state index contributed by atoms with van der Waals surface area (Å²) < 4.78 is 0. The van der Waals surface area contributed by atoms with E-state index in [4.69, 9.17) is 21.7 Å². The molecule has 0 aliphatic rings. The van der Waals surface area contributed by atoms with Gasteiger partial charge in [0.15, 0.2) is 0 Å². The average molecular weight is 262 g/mol. The van der Waals surface area contributed by atoms with Crippen LogP contribution in [0.3, 0.4) is 0 Å². The van der Waals surface area contributed by atoms with Crippen molar-refractivity contribution in [2.45, 2.75) is 52.6 Å². The van der Waals surface area contributed by atoms with Crippen molar-refractivity contribution >= 4 is 11.9 Å². The van der Waals surface area contributed by atoms with E-state index in [0.717, 1.165) is 6.42 Å². The van der Waals surface area contributed by atoms with Gasteiger partial charge < -0.3 is 21.7 Å². The molecular weight excluding hydrogens is 236 g/mol. The fourth-order valence-corrected chi connectivity index (χ4v) is 1.11. The molecule has 0 radical (unpaired) electrons. The lowest BCUT2D eigenvalue weighted by atomic mass is 10.0. The van der Waals surface area contributed by atoms with E-state index in [1.807, 2.05) is 27.7 Å². The number of carboxylic acid groups (broad SMARTS) is 2. The maximum Gasteiger partial charge on any atom is 0.320 e. The summed E-state index contributed by atoms with van der Waals surface area (Å²) in [5.41, 5.74) is 10.5. The first-order valence-electron chi connectivity index (χ1n) is 6.10. The molecule has 0 saturated heterocycles. The van der Waals surface area contributed by atoms with Gasteiger partial charge >= 0.3 is 11.9 Å². The quantitative estimate of drug-likeness (QED) is 0.563. The molecule has 6 heteroatoms. The van der Waals surface area contributed by atoms with Gasteiger partial charge in [-0.25, -0.2) is 0 Å². The highest BCUT2D eigenvalue weighted by molar-refractivity contribution is 5.73. The van der Waals surface area contributed by atoms with Crippen LogP contribution >= 0.6 is 0 Å². The molecule has 0 aromatic heterocycles. The van der Waals surface area contributed by atoms with Gasteiger partial charge in [0.25, 0.3) is 0 Å². The lowest BCUT2D eigenvalue weighted by Gasteiger charge is -2.11. The van der Waals surface area contributed by atoms with Crippen LogP contribution in [0.25, 0.3) is 0 Å². The van der Waals surface area contributed by atoms with E-state index >= 15 is 0 Å². The Morgan fingerprint density at radius 3 is 1.61 bits per heavy atom. The monoisotopic (exact) mass is 262 g/mol. The zero-order chi connectivity index (χ0) is 14.9. The largest absolute Gasteiger partial charge is 0.480 e. The first-order chi connectivity index (χ1) is 8.13. The molecule has 0 aromatic carbocycles. The summed E-state index contributed by atoms with van der Waals surface area (Å²) in [4.78, 5) is 20.3. The van der Waals surface area contributed by atoms with Crippen LogP contribution in [-0.2, 0) is 9.59 Å².